The number of carboxylic acids is 1. The van der Waals surface area contributed by atoms with Gasteiger partial charge in [-0.25, -0.2) is 9.18 Å². The fraction of sp³-hybridized carbons (Fsp3) is 0.429. The van der Waals surface area contributed by atoms with Crippen LogP contribution in [0.25, 0.3) is 10.9 Å². The van der Waals surface area contributed by atoms with Gasteiger partial charge in [0, 0.05) is 36.9 Å². The largest absolute Gasteiger partial charge is 0.504 e. The zero-order chi connectivity index (χ0) is 21.6. The van der Waals surface area contributed by atoms with Crippen LogP contribution >= 0.6 is 11.6 Å². The summed E-state index contributed by atoms with van der Waals surface area (Å²) in [6, 6.07) is 1.05. The fourth-order valence-corrected chi connectivity index (χ4v) is 4.43. The summed E-state index contributed by atoms with van der Waals surface area (Å²) in [6.45, 7) is 1.53. The van der Waals surface area contributed by atoms with Crippen LogP contribution in [0.2, 0.25) is 0 Å². The first kappa shape index (κ1) is 20.7. The number of aromatic carboxylic acids is 1. The molecule has 1 aromatic heterocycles. The number of aromatic nitrogens is 1. The molecule has 0 amide bonds. The maximum atomic E-state index is 15.1. The Kier molecular flexibility index (Phi) is 5.46. The number of aromatic hydroxyl groups is 1. The minimum absolute atomic E-state index is 0.00773. The molecule has 0 unspecified atom stereocenters. The monoisotopic (exact) mass is 435 g/mol. The number of anilines is 1. The number of benzene rings is 1. The standard InChI is InChI=1S/C21H23ClFN3O4/c1-24-9-15(22)11-4-6-25(7-5-11)18-16(23)8-13-17(20(18)28)26(12-2-3-12)10-14(19(13)27)21(29)30/h8,10,12,24,28H,2-7,9H2,1H3,(H,29,30). The van der Waals surface area contributed by atoms with E-state index in [1.54, 1.807) is 9.47 Å². The molecule has 7 nitrogen and oxygen atoms in total. The van der Waals surface area contributed by atoms with Crippen molar-refractivity contribution in [3.63, 3.8) is 0 Å². The summed E-state index contributed by atoms with van der Waals surface area (Å²) >= 11 is 6.30. The summed E-state index contributed by atoms with van der Waals surface area (Å²) in [7, 11) is 1.82. The molecule has 9 heteroatoms. The van der Waals surface area contributed by atoms with Crippen molar-refractivity contribution in [2.24, 2.45) is 0 Å². The van der Waals surface area contributed by atoms with Crippen LogP contribution in [0.4, 0.5) is 10.1 Å². The Morgan fingerprint density at radius 1 is 1.33 bits per heavy atom. The van der Waals surface area contributed by atoms with Crippen LogP contribution in [0.3, 0.4) is 0 Å². The predicted octanol–water partition coefficient (Wildman–Crippen LogP) is 3.19. The lowest BCUT2D eigenvalue weighted by Crippen LogP contribution is -2.32. The van der Waals surface area contributed by atoms with E-state index in [2.05, 4.69) is 5.32 Å². The molecule has 1 saturated heterocycles. The van der Waals surface area contributed by atoms with Gasteiger partial charge < -0.3 is 25.0 Å². The number of nitrogens with one attached hydrogen (secondary N) is 1. The van der Waals surface area contributed by atoms with Crippen LogP contribution in [0.15, 0.2) is 27.7 Å². The number of fused-ring (bicyclic) bond motifs is 1. The first-order valence-corrected chi connectivity index (χ1v) is 10.3. The summed E-state index contributed by atoms with van der Waals surface area (Å²) in [5.41, 5.74) is 0.122. The summed E-state index contributed by atoms with van der Waals surface area (Å²) < 4.78 is 16.7. The van der Waals surface area contributed by atoms with E-state index >= 15 is 4.39 Å². The van der Waals surface area contributed by atoms with Crippen LogP contribution in [0, 0.1) is 5.82 Å². The van der Waals surface area contributed by atoms with Crippen molar-refractivity contribution in [2.45, 2.75) is 31.7 Å². The number of hydrogen-bond acceptors (Lipinski definition) is 5. The number of pyridine rings is 1. The Labute approximate surface area is 177 Å². The fourth-order valence-electron chi connectivity index (χ4n) is 4.10. The van der Waals surface area contributed by atoms with Gasteiger partial charge in [0.05, 0.1) is 10.9 Å². The van der Waals surface area contributed by atoms with E-state index in [1.165, 1.54) is 6.20 Å². The second kappa shape index (κ2) is 7.92. The van der Waals surface area contributed by atoms with Crippen molar-refractivity contribution in [3.8, 4) is 5.75 Å². The zero-order valence-electron chi connectivity index (χ0n) is 16.5. The Morgan fingerprint density at radius 3 is 2.57 bits per heavy atom. The molecular weight excluding hydrogens is 413 g/mol. The van der Waals surface area contributed by atoms with Crippen molar-refractivity contribution in [1.82, 2.24) is 9.88 Å². The molecule has 1 saturated carbocycles. The Morgan fingerprint density at radius 2 is 2.00 bits per heavy atom. The topological polar surface area (TPSA) is 94.8 Å². The van der Waals surface area contributed by atoms with Crippen LogP contribution in [-0.4, -0.2) is 47.4 Å². The van der Waals surface area contributed by atoms with Gasteiger partial charge in [0.25, 0.3) is 0 Å². The third kappa shape index (κ3) is 3.54. The van der Waals surface area contributed by atoms with Gasteiger partial charge in [0.2, 0.25) is 5.43 Å². The normalized spacial score (nSPS) is 16.9. The average molecular weight is 436 g/mol. The molecule has 2 fully saturated rings. The van der Waals surface area contributed by atoms with Crippen LogP contribution in [0.5, 0.6) is 5.75 Å². The third-order valence-corrected chi connectivity index (χ3v) is 6.19. The van der Waals surface area contributed by atoms with Gasteiger partial charge in [0.1, 0.15) is 11.3 Å². The molecule has 2 heterocycles. The minimum atomic E-state index is -1.37. The van der Waals surface area contributed by atoms with E-state index in [0.717, 1.165) is 29.5 Å². The highest BCUT2D eigenvalue weighted by molar-refractivity contribution is 6.30. The molecule has 0 bridgehead atoms. The summed E-state index contributed by atoms with van der Waals surface area (Å²) in [5.74, 6) is -2.43. The first-order chi connectivity index (χ1) is 14.3. The van der Waals surface area contributed by atoms with E-state index < -0.39 is 22.8 Å². The quantitative estimate of drug-likeness (QED) is 0.667. The number of hydrogen-bond donors (Lipinski definition) is 3. The zero-order valence-corrected chi connectivity index (χ0v) is 17.3. The van der Waals surface area contributed by atoms with E-state index in [0.29, 0.717) is 32.5 Å². The predicted molar refractivity (Wildman–Crippen MR) is 113 cm³/mol. The van der Waals surface area contributed by atoms with Gasteiger partial charge in [-0.15, -0.1) is 0 Å². The second-order valence-electron chi connectivity index (χ2n) is 7.79. The smallest absolute Gasteiger partial charge is 0.341 e. The maximum Gasteiger partial charge on any atom is 0.341 e. The molecule has 0 radical (unpaired) electrons. The molecule has 4 rings (SSSR count). The van der Waals surface area contributed by atoms with Crippen LogP contribution in [0.1, 0.15) is 42.1 Å². The lowest BCUT2D eigenvalue weighted by Gasteiger charge is -2.32. The second-order valence-corrected chi connectivity index (χ2v) is 8.25. The summed E-state index contributed by atoms with van der Waals surface area (Å²) in [5, 5.41) is 24.0. The number of likely N-dealkylation sites (N-methyl/N-ethyl adjacent to an activating group) is 1. The Bertz CT molecular complexity index is 1110. The van der Waals surface area contributed by atoms with Gasteiger partial charge in [-0.1, -0.05) is 17.2 Å². The average Bonchev–Trinajstić information content (AvgIpc) is 3.54. The highest BCUT2D eigenvalue weighted by Gasteiger charge is 2.31. The molecule has 2 aliphatic rings. The molecule has 30 heavy (non-hydrogen) atoms. The first-order valence-electron chi connectivity index (χ1n) is 9.93. The van der Waals surface area contributed by atoms with E-state index in [4.69, 9.17) is 11.6 Å². The van der Waals surface area contributed by atoms with Crippen molar-refractivity contribution in [1.29, 1.82) is 0 Å². The van der Waals surface area contributed by atoms with Crippen molar-refractivity contribution < 1.29 is 19.4 Å². The number of carbonyl (C=O) groups is 1. The lowest BCUT2D eigenvalue weighted by atomic mass is 10.0. The number of phenolic OH excluding ortho intramolecular Hbond substituents is 1. The third-order valence-electron chi connectivity index (χ3n) is 5.79. The van der Waals surface area contributed by atoms with Gasteiger partial charge in [-0.3, -0.25) is 4.79 Å². The van der Waals surface area contributed by atoms with E-state index in [-0.39, 0.29) is 28.4 Å². The number of halogens is 2. The Balaban J connectivity index is 1.81. The van der Waals surface area contributed by atoms with Crippen molar-refractivity contribution in [2.75, 3.05) is 31.6 Å². The van der Waals surface area contributed by atoms with Gasteiger partial charge >= 0.3 is 5.97 Å². The molecule has 160 valence electrons. The van der Waals surface area contributed by atoms with Gasteiger partial charge in [-0.05, 0) is 38.8 Å². The number of rotatable bonds is 5. The summed E-state index contributed by atoms with van der Waals surface area (Å²) in [4.78, 5) is 25.9. The molecule has 1 aliphatic heterocycles. The van der Waals surface area contributed by atoms with Crippen LogP contribution in [-0.2, 0) is 0 Å². The van der Waals surface area contributed by atoms with Crippen LogP contribution < -0.4 is 15.6 Å². The number of carboxylic acid groups (broad SMARTS) is 1. The van der Waals surface area contributed by atoms with Gasteiger partial charge in [0.15, 0.2) is 11.6 Å². The Hall–Kier alpha value is -2.58. The number of nitrogens with zero attached hydrogens (tertiary/aromatic N) is 2. The molecule has 2 aromatic rings. The molecule has 0 spiro atoms. The maximum absolute atomic E-state index is 15.1. The lowest BCUT2D eigenvalue weighted by molar-refractivity contribution is 0.0694. The van der Waals surface area contributed by atoms with Crippen molar-refractivity contribution in [3.05, 3.63) is 44.5 Å². The molecule has 0 atom stereocenters. The SMILES string of the molecule is CNCC(Cl)=C1CCN(c2c(F)cc3c(=O)c(C(=O)O)cn(C4CC4)c3c2O)CC1. The highest BCUT2D eigenvalue weighted by Crippen LogP contribution is 2.43. The van der Waals surface area contributed by atoms with E-state index in [9.17, 15) is 19.8 Å². The minimum Gasteiger partial charge on any atom is -0.504 e. The summed E-state index contributed by atoms with van der Waals surface area (Å²) in [6.07, 6.45) is 4.17. The number of piperidine rings is 1. The van der Waals surface area contributed by atoms with Gasteiger partial charge in [-0.2, -0.15) is 0 Å². The number of phenols is 1. The molecule has 3 N–H and O–H groups in total. The van der Waals surface area contributed by atoms with E-state index in [1.807, 2.05) is 7.05 Å². The molecule has 1 aromatic carbocycles. The molecular formula is C21H23ClFN3O4. The molecule has 1 aliphatic carbocycles. The van der Waals surface area contributed by atoms with Crippen molar-refractivity contribution >= 4 is 34.2 Å². The highest BCUT2D eigenvalue weighted by atomic mass is 35.5.